The fraction of sp³-hybridized carbons (Fsp3) is 0.636. The van der Waals surface area contributed by atoms with Gasteiger partial charge in [0, 0.05) is 19.1 Å². The first kappa shape index (κ1) is 11.8. The first-order valence-electron chi connectivity index (χ1n) is 5.60. The largest absolute Gasteiger partial charge is 0.313 e. The monoisotopic (exact) mass is 242 g/mol. The maximum absolute atomic E-state index is 11.7. The first-order chi connectivity index (χ1) is 7.59. The Morgan fingerprint density at radius 3 is 2.88 bits per heavy atom. The van der Waals surface area contributed by atoms with E-state index in [9.17, 15) is 8.42 Å². The summed E-state index contributed by atoms with van der Waals surface area (Å²) in [5.41, 5.74) is 1.26. The molecule has 0 aliphatic carbocycles. The van der Waals surface area contributed by atoms with Crippen LogP contribution in [0.5, 0.6) is 0 Å². The van der Waals surface area contributed by atoms with E-state index < -0.39 is 10.0 Å². The fourth-order valence-corrected chi connectivity index (χ4v) is 3.33. The van der Waals surface area contributed by atoms with Gasteiger partial charge in [-0.2, -0.15) is 4.31 Å². The second-order valence-electron chi connectivity index (χ2n) is 4.29. The molecule has 16 heavy (non-hydrogen) atoms. The van der Waals surface area contributed by atoms with Crippen molar-refractivity contribution in [2.45, 2.75) is 18.9 Å². The number of sulfonamides is 1. The maximum Gasteiger partial charge on any atom is 0.212 e. The summed E-state index contributed by atoms with van der Waals surface area (Å²) in [4.78, 5) is 0. The number of nitrogens with one attached hydrogen (secondary N) is 1. The van der Waals surface area contributed by atoms with Gasteiger partial charge in [-0.25, -0.2) is 8.42 Å². The highest BCUT2D eigenvalue weighted by Gasteiger charge is 2.29. The standard InChI is InChI=1S/C11H18N2O2S/c1-16(14,15)13-9-3-2-4-11(13)10-5-7-12-8-6-10/h2-3,5,11-12H,4,6-9H2,1H3. The summed E-state index contributed by atoms with van der Waals surface area (Å²) in [5.74, 6) is 0. The Balaban J connectivity index is 2.23. The van der Waals surface area contributed by atoms with Crippen LogP contribution in [0.1, 0.15) is 12.8 Å². The number of nitrogens with zero attached hydrogens (tertiary/aromatic N) is 1. The van der Waals surface area contributed by atoms with Gasteiger partial charge in [-0.1, -0.05) is 23.8 Å². The molecule has 0 amide bonds. The van der Waals surface area contributed by atoms with Gasteiger partial charge in [-0.05, 0) is 19.4 Å². The van der Waals surface area contributed by atoms with Gasteiger partial charge in [0.1, 0.15) is 0 Å². The lowest BCUT2D eigenvalue weighted by Crippen LogP contribution is -2.43. The smallest absolute Gasteiger partial charge is 0.212 e. The summed E-state index contributed by atoms with van der Waals surface area (Å²) in [6, 6.07) is 0.0436. The molecule has 0 saturated heterocycles. The lowest BCUT2D eigenvalue weighted by Gasteiger charge is -2.34. The molecule has 1 atom stereocenters. The molecule has 2 rings (SSSR count). The van der Waals surface area contributed by atoms with Crippen molar-refractivity contribution in [3.8, 4) is 0 Å². The minimum atomic E-state index is -3.10. The van der Waals surface area contributed by atoms with Crippen molar-refractivity contribution in [1.29, 1.82) is 0 Å². The van der Waals surface area contributed by atoms with Crippen molar-refractivity contribution < 1.29 is 8.42 Å². The van der Waals surface area contributed by atoms with Crippen LogP contribution in [-0.2, 0) is 10.0 Å². The van der Waals surface area contributed by atoms with Gasteiger partial charge in [0.25, 0.3) is 0 Å². The van der Waals surface area contributed by atoms with Gasteiger partial charge in [0.15, 0.2) is 0 Å². The van der Waals surface area contributed by atoms with E-state index in [1.807, 2.05) is 6.08 Å². The van der Waals surface area contributed by atoms with Gasteiger partial charge in [-0.3, -0.25) is 0 Å². The third kappa shape index (κ3) is 2.53. The van der Waals surface area contributed by atoms with Crippen LogP contribution in [-0.4, -0.2) is 44.7 Å². The van der Waals surface area contributed by atoms with E-state index >= 15 is 0 Å². The van der Waals surface area contributed by atoms with E-state index in [1.165, 1.54) is 11.8 Å². The van der Waals surface area contributed by atoms with Crippen LogP contribution < -0.4 is 5.32 Å². The summed E-state index contributed by atoms with van der Waals surface area (Å²) in [5, 5.41) is 3.25. The molecule has 0 radical (unpaired) electrons. The fourth-order valence-electron chi connectivity index (χ4n) is 2.29. The molecule has 2 heterocycles. The van der Waals surface area contributed by atoms with Crippen LogP contribution in [0.25, 0.3) is 0 Å². The molecule has 0 bridgehead atoms. The first-order valence-corrected chi connectivity index (χ1v) is 7.45. The van der Waals surface area contributed by atoms with Crippen LogP contribution in [0.4, 0.5) is 0 Å². The Morgan fingerprint density at radius 1 is 1.44 bits per heavy atom. The highest BCUT2D eigenvalue weighted by Crippen LogP contribution is 2.24. The normalized spacial score (nSPS) is 27.8. The quantitative estimate of drug-likeness (QED) is 0.717. The van der Waals surface area contributed by atoms with Crippen LogP contribution in [0.3, 0.4) is 0 Å². The van der Waals surface area contributed by atoms with Crippen molar-refractivity contribution >= 4 is 10.0 Å². The molecule has 2 aliphatic heterocycles. The van der Waals surface area contributed by atoms with Crippen molar-refractivity contribution in [1.82, 2.24) is 9.62 Å². The van der Waals surface area contributed by atoms with Gasteiger partial charge in [0.05, 0.1) is 6.26 Å². The highest BCUT2D eigenvalue weighted by atomic mass is 32.2. The molecule has 0 saturated carbocycles. The summed E-state index contributed by atoms with van der Waals surface area (Å²) in [6.45, 7) is 2.31. The summed E-state index contributed by atoms with van der Waals surface area (Å²) >= 11 is 0. The molecule has 5 heteroatoms. The molecule has 1 unspecified atom stereocenters. The van der Waals surface area contributed by atoms with Crippen molar-refractivity contribution in [3.63, 3.8) is 0 Å². The van der Waals surface area contributed by atoms with E-state index in [0.717, 1.165) is 25.9 Å². The predicted octanol–water partition coefficient (Wildman–Crippen LogP) is 0.496. The molecule has 0 aromatic carbocycles. The second-order valence-corrected chi connectivity index (χ2v) is 6.22. The highest BCUT2D eigenvalue weighted by molar-refractivity contribution is 7.88. The molecule has 0 spiro atoms. The Morgan fingerprint density at radius 2 is 2.25 bits per heavy atom. The average Bonchev–Trinajstić information content (AvgIpc) is 2.29. The van der Waals surface area contributed by atoms with Gasteiger partial charge in [-0.15, -0.1) is 0 Å². The van der Waals surface area contributed by atoms with Gasteiger partial charge >= 0.3 is 0 Å². The topological polar surface area (TPSA) is 49.4 Å². The Labute approximate surface area is 97.1 Å². The maximum atomic E-state index is 11.7. The second kappa shape index (κ2) is 4.69. The summed E-state index contributed by atoms with van der Waals surface area (Å²) in [7, 11) is -3.10. The van der Waals surface area contributed by atoms with E-state index in [4.69, 9.17) is 0 Å². The molecule has 90 valence electrons. The van der Waals surface area contributed by atoms with Crippen LogP contribution >= 0.6 is 0 Å². The third-order valence-corrected chi connectivity index (χ3v) is 4.37. The van der Waals surface area contributed by atoms with Gasteiger partial charge in [0.2, 0.25) is 10.0 Å². The SMILES string of the molecule is CS(=O)(=O)N1CC=CCC1C1=CCNCC1. The predicted molar refractivity (Wildman–Crippen MR) is 64.7 cm³/mol. The van der Waals surface area contributed by atoms with Gasteiger partial charge < -0.3 is 5.32 Å². The lowest BCUT2D eigenvalue weighted by atomic mass is 9.96. The van der Waals surface area contributed by atoms with Crippen LogP contribution in [0.15, 0.2) is 23.8 Å². The molecule has 1 N–H and O–H groups in total. The third-order valence-electron chi connectivity index (χ3n) is 3.11. The van der Waals surface area contributed by atoms with Crippen LogP contribution in [0.2, 0.25) is 0 Å². The van der Waals surface area contributed by atoms with Crippen molar-refractivity contribution in [2.75, 3.05) is 25.9 Å². The molecule has 2 aliphatic rings. The van der Waals surface area contributed by atoms with Crippen LogP contribution in [0, 0.1) is 0 Å². The zero-order chi connectivity index (χ0) is 11.6. The Hall–Kier alpha value is -0.650. The van der Waals surface area contributed by atoms with E-state index in [1.54, 1.807) is 4.31 Å². The molecule has 0 fully saturated rings. The minimum Gasteiger partial charge on any atom is -0.313 e. The van der Waals surface area contributed by atoms with Crippen molar-refractivity contribution in [2.24, 2.45) is 0 Å². The number of rotatable bonds is 2. The molecular weight excluding hydrogens is 224 g/mol. The molecular formula is C11H18N2O2S. The molecule has 0 aromatic rings. The molecule has 4 nitrogen and oxygen atoms in total. The molecule has 0 aromatic heterocycles. The van der Waals surface area contributed by atoms with E-state index in [2.05, 4.69) is 17.5 Å². The van der Waals surface area contributed by atoms with E-state index in [-0.39, 0.29) is 6.04 Å². The average molecular weight is 242 g/mol. The summed E-state index contributed by atoms with van der Waals surface area (Å²) in [6.07, 6.45) is 9.18. The zero-order valence-corrected chi connectivity index (χ0v) is 10.3. The number of hydrogen-bond acceptors (Lipinski definition) is 3. The summed E-state index contributed by atoms with van der Waals surface area (Å²) < 4.78 is 25.0. The number of hydrogen-bond donors (Lipinski definition) is 1. The van der Waals surface area contributed by atoms with Crippen molar-refractivity contribution in [3.05, 3.63) is 23.8 Å². The Kier molecular flexibility index (Phi) is 3.47. The van der Waals surface area contributed by atoms with E-state index in [0.29, 0.717) is 6.54 Å². The zero-order valence-electron chi connectivity index (χ0n) is 9.52. The lowest BCUT2D eigenvalue weighted by molar-refractivity contribution is 0.359. The minimum absolute atomic E-state index is 0.0436. The Bertz CT molecular complexity index is 412.